The monoisotopic (exact) mass is 223 g/mol. The van der Waals surface area contributed by atoms with Crippen molar-refractivity contribution < 1.29 is 19.4 Å². The fraction of sp³-hybridized carbons (Fsp3) is 0.455. The van der Waals surface area contributed by atoms with Gasteiger partial charge in [0, 0.05) is 13.2 Å². The number of aromatic nitrogens is 1. The van der Waals surface area contributed by atoms with Crippen LogP contribution in [0, 0.1) is 5.92 Å². The van der Waals surface area contributed by atoms with E-state index < -0.39 is 11.9 Å². The van der Waals surface area contributed by atoms with E-state index in [0.717, 1.165) is 5.56 Å². The number of ether oxygens (including phenoxy) is 1. The van der Waals surface area contributed by atoms with Gasteiger partial charge in [-0.25, -0.2) is 4.79 Å². The van der Waals surface area contributed by atoms with Crippen LogP contribution in [0.5, 0.6) is 0 Å². The van der Waals surface area contributed by atoms with Crippen molar-refractivity contribution in [3.63, 3.8) is 0 Å². The summed E-state index contributed by atoms with van der Waals surface area (Å²) in [5.74, 6) is -1.43. The Labute approximate surface area is 92.6 Å². The van der Waals surface area contributed by atoms with E-state index >= 15 is 0 Å². The molecular formula is C11H13NO4. The molecule has 1 N–H and O–H groups in total. The molecule has 0 radical (unpaired) electrons. The maximum atomic E-state index is 11.3. The fourth-order valence-electron chi connectivity index (χ4n) is 1.94. The number of hydrogen-bond acceptors (Lipinski definition) is 3. The third-order valence-corrected chi connectivity index (χ3v) is 2.96. The molecule has 2 atom stereocenters. The Morgan fingerprint density at radius 2 is 2.25 bits per heavy atom. The molecule has 5 heteroatoms. The van der Waals surface area contributed by atoms with Crippen LogP contribution in [0.2, 0.25) is 0 Å². The number of aryl methyl sites for hydroxylation is 1. The number of carboxylic acid groups (broad SMARTS) is 1. The van der Waals surface area contributed by atoms with Crippen LogP contribution >= 0.6 is 0 Å². The lowest BCUT2D eigenvalue weighted by molar-refractivity contribution is -0.138. The molecule has 2 rings (SSSR count). The predicted molar refractivity (Wildman–Crippen MR) is 55.2 cm³/mol. The molecule has 0 bridgehead atoms. The summed E-state index contributed by atoms with van der Waals surface area (Å²) >= 11 is 0. The zero-order valence-electron chi connectivity index (χ0n) is 9.14. The average molecular weight is 223 g/mol. The van der Waals surface area contributed by atoms with Crippen molar-refractivity contribution in [1.29, 1.82) is 0 Å². The van der Waals surface area contributed by atoms with Gasteiger partial charge < -0.3 is 14.4 Å². The molecule has 1 saturated carbocycles. The molecule has 0 amide bonds. The summed E-state index contributed by atoms with van der Waals surface area (Å²) in [6.07, 6.45) is 2.44. The summed E-state index contributed by atoms with van der Waals surface area (Å²) in [4.78, 5) is 22.1. The van der Waals surface area contributed by atoms with Crippen molar-refractivity contribution in [3.05, 3.63) is 23.5 Å². The third kappa shape index (κ3) is 1.68. The molecule has 1 aromatic heterocycles. The maximum absolute atomic E-state index is 11.3. The second kappa shape index (κ2) is 3.66. The van der Waals surface area contributed by atoms with Crippen molar-refractivity contribution >= 4 is 11.9 Å². The number of carboxylic acids is 1. The highest BCUT2D eigenvalue weighted by molar-refractivity contribution is 5.88. The van der Waals surface area contributed by atoms with Crippen LogP contribution in [-0.4, -0.2) is 28.7 Å². The van der Waals surface area contributed by atoms with E-state index in [1.807, 2.05) is 0 Å². The number of hydrogen-bond donors (Lipinski definition) is 1. The summed E-state index contributed by atoms with van der Waals surface area (Å²) in [6.45, 7) is 0. The SMILES string of the molecule is COC(=O)c1cc([C@@H]2C[C@H]2C(=O)O)cn1C. The first-order valence-electron chi connectivity index (χ1n) is 5.02. The van der Waals surface area contributed by atoms with Crippen molar-refractivity contribution in [2.24, 2.45) is 13.0 Å². The van der Waals surface area contributed by atoms with Crippen LogP contribution < -0.4 is 0 Å². The van der Waals surface area contributed by atoms with Gasteiger partial charge in [0.25, 0.3) is 0 Å². The van der Waals surface area contributed by atoms with Gasteiger partial charge in [0.1, 0.15) is 5.69 Å². The van der Waals surface area contributed by atoms with Crippen molar-refractivity contribution in [2.45, 2.75) is 12.3 Å². The van der Waals surface area contributed by atoms with Gasteiger partial charge in [-0.2, -0.15) is 0 Å². The van der Waals surface area contributed by atoms with Gasteiger partial charge in [-0.3, -0.25) is 4.79 Å². The minimum atomic E-state index is -0.770. The Kier molecular flexibility index (Phi) is 2.46. The van der Waals surface area contributed by atoms with Crippen molar-refractivity contribution in [1.82, 2.24) is 4.57 Å². The Bertz CT molecular complexity index is 449. The average Bonchev–Trinajstić information content (AvgIpc) is 2.96. The van der Waals surface area contributed by atoms with Crippen LogP contribution in [-0.2, 0) is 16.6 Å². The molecule has 86 valence electrons. The van der Waals surface area contributed by atoms with E-state index in [-0.39, 0.29) is 11.8 Å². The van der Waals surface area contributed by atoms with E-state index in [1.54, 1.807) is 23.9 Å². The smallest absolute Gasteiger partial charge is 0.354 e. The first-order valence-corrected chi connectivity index (χ1v) is 5.02. The Hall–Kier alpha value is -1.78. The quantitative estimate of drug-likeness (QED) is 0.776. The van der Waals surface area contributed by atoms with Gasteiger partial charge in [0.05, 0.1) is 13.0 Å². The Morgan fingerprint density at radius 1 is 1.56 bits per heavy atom. The molecule has 1 aliphatic rings. The van der Waals surface area contributed by atoms with Crippen LogP contribution in [0.15, 0.2) is 12.3 Å². The minimum absolute atomic E-state index is 0.0436. The number of carbonyl (C=O) groups is 2. The largest absolute Gasteiger partial charge is 0.481 e. The standard InChI is InChI=1S/C11H13NO4/c1-12-5-6(3-9(12)11(15)16-2)7-4-8(7)10(13)14/h3,5,7-8H,4H2,1-2H3,(H,13,14)/t7-,8+/m0/s1. The number of aliphatic carboxylic acids is 1. The van der Waals surface area contributed by atoms with Gasteiger partial charge >= 0.3 is 11.9 Å². The molecule has 0 spiro atoms. The van der Waals surface area contributed by atoms with Crippen LogP contribution in [0.3, 0.4) is 0 Å². The Balaban J connectivity index is 2.20. The van der Waals surface area contributed by atoms with E-state index in [4.69, 9.17) is 5.11 Å². The molecular weight excluding hydrogens is 210 g/mol. The van der Waals surface area contributed by atoms with Gasteiger partial charge in [-0.05, 0) is 24.0 Å². The molecule has 0 saturated heterocycles. The van der Waals surface area contributed by atoms with E-state index in [2.05, 4.69) is 4.74 Å². The highest BCUT2D eigenvalue weighted by Gasteiger charge is 2.44. The van der Waals surface area contributed by atoms with Crippen molar-refractivity contribution in [2.75, 3.05) is 7.11 Å². The normalized spacial score (nSPS) is 22.9. The van der Waals surface area contributed by atoms with E-state index in [1.165, 1.54) is 7.11 Å². The van der Waals surface area contributed by atoms with Crippen molar-refractivity contribution in [3.8, 4) is 0 Å². The van der Waals surface area contributed by atoms with Crippen LogP contribution in [0.1, 0.15) is 28.4 Å². The summed E-state index contributed by atoms with van der Waals surface area (Å²) in [5.41, 5.74) is 1.35. The topological polar surface area (TPSA) is 68.5 Å². The maximum Gasteiger partial charge on any atom is 0.354 e. The number of rotatable bonds is 3. The summed E-state index contributed by atoms with van der Waals surface area (Å²) < 4.78 is 6.29. The number of nitrogens with zero attached hydrogens (tertiary/aromatic N) is 1. The summed E-state index contributed by atoms with van der Waals surface area (Å²) in [6, 6.07) is 1.71. The van der Waals surface area contributed by atoms with Gasteiger partial charge in [-0.1, -0.05) is 0 Å². The first-order chi connectivity index (χ1) is 7.54. The third-order valence-electron chi connectivity index (χ3n) is 2.96. The fourth-order valence-corrected chi connectivity index (χ4v) is 1.94. The van der Waals surface area contributed by atoms with Crippen LogP contribution in [0.25, 0.3) is 0 Å². The lowest BCUT2D eigenvalue weighted by Gasteiger charge is -1.98. The predicted octanol–water partition coefficient (Wildman–Crippen LogP) is 1.000. The minimum Gasteiger partial charge on any atom is -0.481 e. The summed E-state index contributed by atoms with van der Waals surface area (Å²) in [5, 5.41) is 8.82. The molecule has 1 aromatic rings. The zero-order chi connectivity index (χ0) is 11.9. The highest BCUT2D eigenvalue weighted by atomic mass is 16.5. The molecule has 0 aliphatic heterocycles. The lowest BCUT2D eigenvalue weighted by Crippen LogP contribution is -2.06. The van der Waals surface area contributed by atoms with Crippen LogP contribution in [0.4, 0.5) is 0 Å². The molecule has 0 unspecified atom stereocenters. The molecule has 1 fully saturated rings. The molecule has 5 nitrogen and oxygen atoms in total. The molecule has 1 aliphatic carbocycles. The first kappa shape index (κ1) is 10.7. The van der Waals surface area contributed by atoms with Gasteiger partial charge in [0.15, 0.2) is 0 Å². The van der Waals surface area contributed by atoms with Gasteiger partial charge in [0.2, 0.25) is 0 Å². The second-order valence-corrected chi connectivity index (χ2v) is 4.05. The highest BCUT2D eigenvalue weighted by Crippen LogP contribution is 2.47. The molecule has 16 heavy (non-hydrogen) atoms. The zero-order valence-corrected chi connectivity index (χ0v) is 9.14. The molecule has 0 aromatic carbocycles. The number of esters is 1. The molecule has 1 heterocycles. The Morgan fingerprint density at radius 3 is 2.75 bits per heavy atom. The lowest BCUT2D eigenvalue weighted by atomic mass is 10.2. The second-order valence-electron chi connectivity index (χ2n) is 4.05. The van der Waals surface area contributed by atoms with Gasteiger partial charge in [-0.15, -0.1) is 0 Å². The van der Waals surface area contributed by atoms with E-state index in [0.29, 0.717) is 12.1 Å². The number of carbonyl (C=O) groups excluding carboxylic acids is 1. The number of methoxy groups -OCH3 is 1. The summed E-state index contributed by atoms with van der Waals surface area (Å²) in [7, 11) is 3.07. The van der Waals surface area contributed by atoms with E-state index in [9.17, 15) is 9.59 Å².